The summed E-state index contributed by atoms with van der Waals surface area (Å²) >= 11 is 1.75. The van der Waals surface area contributed by atoms with Gasteiger partial charge >= 0.3 is 0 Å². The molecule has 1 unspecified atom stereocenters. The molecule has 2 N–H and O–H groups in total. The van der Waals surface area contributed by atoms with Crippen molar-refractivity contribution in [1.29, 1.82) is 0 Å². The van der Waals surface area contributed by atoms with Crippen molar-refractivity contribution >= 4 is 17.7 Å². The van der Waals surface area contributed by atoms with E-state index in [1.807, 2.05) is 0 Å². The van der Waals surface area contributed by atoms with Crippen LogP contribution in [0, 0.1) is 12.3 Å². The SMILES string of the molecule is C#CCSCCNC1CCCNC(=O)C1. The zero-order chi connectivity index (χ0) is 10.9. The number of rotatable bonds is 5. The van der Waals surface area contributed by atoms with Gasteiger partial charge in [-0.3, -0.25) is 4.79 Å². The Hall–Kier alpha value is -0.660. The van der Waals surface area contributed by atoms with E-state index in [0.29, 0.717) is 12.5 Å². The van der Waals surface area contributed by atoms with E-state index in [1.165, 1.54) is 0 Å². The van der Waals surface area contributed by atoms with E-state index in [9.17, 15) is 4.79 Å². The molecule has 1 heterocycles. The summed E-state index contributed by atoms with van der Waals surface area (Å²) in [5, 5.41) is 6.28. The van der Waals surface area contributed by atoms with Crippen LogP contribution in [0.4, 0.5) is 0 Å². The van der Waals surface area contributed by atoms with Gasteiger partial charge in [-0.2, -0.15) is 0 Å². The second-order valence-corrected chi connectivity index (χ2v) is 4.71. The van der Waals surface area contributed by atoms with Crippen molar-refractivity contribution in [3.05, 3.63) is 0 Å². The Balaban J connectivity index is 2.09. The van der Waals surface area contributed by atoms with Gasteiger partial charge in [0.1, 0.15) is 0 Å². The Morgan fingerprint density at radius 1 is 1.67 bits per heavy atom. The monoisotopic (exact) mass is 226 g/mol. The number of terminal acetylenes is 1. The molecule has 1 amide bonds. The van der Waals surface area contributed by atoms with Crippen LogP contribution < -0.4 is 10.6 Å². The van der Waals surface area contributed by atoms with E-state index >= 15 is 0 Å². The van der Waals surface area contributed by atoms with E-state index in [-0.39, 0.29) is 5.91 Å². The van der Waals surface area contributed by atoms with Gasteiger partial charge < -0.3 is 10.6 Å². The minimum Gasteiger partial charge on any atom is -0.356 e. The molecule has 15 heavy (non-hydrogen) atoms. The van der Waals surface area contributed by atoms with Crippen molar-refractivity contribution in [1.82, 2.24) is 10.6 Å². The first-order chi connectivity index (χ1) is 7.33. The number of hydrogen-bond acceptors (Lipinski definition) is 3. The van der Waals surface area contributed by atoms with Crippen molar-refractivity contribution in [2.75, 3.05) is 24.6 Å². The molecule has 0 aromatic carbocycles. The van der Waals surface area contributed by atoms with Crippen LogP contribution >= 0.6 is 11.8 Å². The zero-order valence-corrected chi connectivity index (χ0v) is 9.74. The standard InChI is InChI=1S/C11H18N2OS/c1-2-7-15-8-6-12-10-4-3-5-13-11(14)9-10/h1,10,12H,3-9H2,(H,13,14). The Morgan fingerprint density at radius 2 is 2.53 bits per heavy atom. The zero-order valence-electron chi connectivity index (χ0n) is 8.92. The molecule has 0 aliphatic carbocycles. The predicted octanol–water partition coefficient (Wildman–Crippen LogP) is 0.611. The van der Waals surface area contributed by atoms with Crippen LogP contribution in [-0.4, -0.2) is 36.5 Å². The fourth-order valence-electron chi connectivity index (χ4n) is 1.61. The lowest BCUT2D eigenvalue weighted by Crippen LogP contribution is -2.33. The normalized spacial score (nSPS) is 21.5. The fourth-order valence-corrected chi connectivity index (χ4v) is 2.14. The highest BCUT2D eigenvalue weighted by molar-refractivity contribution is 7.99. The highest BCUT2D eigenvalue weighted by Gasteiger charge is 2.15. The summed E-state index contributed by atoms with van der Waals surface area (Å²) in [5.74, 6) is 4.55. The maximum atomic E-state index is 11.2. The summed E-state index contributed by atoms with van der Waals surface area (Å²) in [6.07, 6.45) is 7.91. The van der Waals surface area contributed by atoms with Gasteiger partial charge in [-0.25, -0.2) is 0 Å². The molecule has 1 aliphatic heterocycles. The minimum atomic E-state index is 0.168. The van der Waals surface area contributed by atoms with Crippen molar-refractivity contribution < 1.29 is 4.79 Å². The lowest BCUT2D eigenvalue weighted by molar-refractivity contribution is -0.121. The Labute approximate surface area is 95.8 Å². The number of hydrogen-bond donors (Lipinski definition) is 2. The topological polar surface area (TPSA) is 41.1 Å². The van der Waals surface area contributed by atoms with Crippen molar-refractivity contribution in [2.45, 2.75) is 25.3 Å². The number of amides is 1. The summed E-state index contributed by atoms with van der Waals surface area (Å²) in [6.45, 7) is 1.76. The maximum absolute atomic E-state index is 11.2. The summed E-state index contributed by atoms with van der Waals surface area (Å²) in [4.78, 5) is 11.2. The highest BCUT2D eigenvalue weighted by atomic mass is 32.2. The van der Waals surface area contributed by atoms with Gasteiger partial charge in [0.2, 0.25) is 5.91 Å². The third-order valence-corrected chi connectivity index (χ3v) is 3.21. The molecule has 3 nitrogen and oxygen atoms in total. The Bertz CT molecular complexity index is 237. The number of carbonyl (C=O) groups is 1. The molecule has 0 aromatic heterocycles. The fraction of sp³-hybridized carbons (Fsp3) is 0.727. The van der Waals surface area contributed by atoms with Crippen LogP contribution in [0.25, 0.3) is 0 Å². The summed E-state index contributed by atoms with van der Waals surface area (Å²) < 4.78 is 0. The number of thioether (sulfide) groups is 1. The molecule has 1 rings (SSSR count). The van der Waals surface area contributed by atoms with E-state index in [4.69, 9.17) is 6.42 Å². The van der Waals surface area contributed by atoms with Crippen LogP contribution in [0.15, 0.2) is 0 Å². The van der Waals surface area contributed by atoms with Gasteiger partial charge in [0, 0.05) is 31.3 Å². The first-order valence-corrected chi connectivity index (χ1v) is 6.49. The molecule has 0 bridgehead atoms. The molecule has 0 saturated carbocycles. The van der Waals surface area contributed by atoms with Crippen molar-refractivity contribution in [3.8, 4) is 12.3 Å². The molecule has 1 aliphatic rings. The average molecular weight is 226 g/mol. The second-order valence-electron chi connectivity index (χ2n) is 3.60. The van der Waals surface area contributed by atoms with E-state index in [1.54, 1.807) is 11.8 Å². The largest absolute Gasteiger partial charge is 0.356 e. The van der Waals surface area contributed by atoms with Gasteiger partial charge in [0.15, 0.2) is 0 Å². The molecule has 4 heteroatoms. The molecule has 0 radical (unpaired) electrons. The summed E-state index contributed by atoms with van der Waals surface area (Å²) in [6, 6.07) is 0.346. The molecule has 0 aromatic rings. The third kappa shape index (κ3) is 5.71. The number of carbonyl (C=O) groups excluding carboxylic acids is 1. The molecule has 1 saturated heterocycles. The minimum absolute atomic E-state index is 0.168. The average Bonchev–Trinajstić information content (AvgIpc) is 2.43. The molecular formula is C11H18N2OS. The van der Waals surface area contributed by atoms with Gasteiger partial charge in [-0.15, -0.1) is 18.2 Å². The van der Waals surface area contributed by atoms with Crippen molar-refractivity contribution in [3.63, 3.8) is 0 Å². The van der Waals surface area contributed by atoms with Gasteiger partial charge in [0.05, 0.1) is 5.75 Å². The highest BCUT2D eigenvalue weighted by Crippen LogP contribution is 2.06. The molecular weight excluding hydrogens is 208 g/mol. The van der Waals surface area contributed by atoms with Crippen LogP contribution in [0.5, 0.6) is 0 Å². The van der Waals surface area contributed by atoms with E-state index in [0.717, 1.165) is 37.4 Å². The van der Waals surface area contributed by atoms with E-state index < -0.39 is 0 Å². The first kappa shape index (κ1) is 12.4. The van der Waals surface area contributed by atoms with Crippen LogP contribution in [-0.2, 0) is 4.79 Å². The lowest BCUT2D eigenvalue weighted by Gasteiger charge is -2.14. The molecule has 0 spiro atoms. The summed E-state index contributed by atoms with van der Waals surface area (Å²) in [5.41, 5.74) is 0. The quantitative estimate of drug-likeness (QED) is 0.533. The number of nitrogens with one attached hydrogen (secondary N) is 2. The third-order valence-electron chi connectivity index (χ3n) is 2.35. The maximum Gasteiger partial charge on any atom is 0.221 e. The molecule has 1 atom stereocenters. The molecule has 1 fully saturated rings. The first-order valence-electron chi connectivity index (χ1n) is 5.34. The summed E-state index contributed by atoms with van der Waals surface area (Å²) in [7, 11) is 0. The van der Waals surface area contributed by atoms with Crippen LogP contribution in [0.3, 0.4) is 0 Å². The van der Waals surface area contributed by atoms with Gasteiger partial charge in [-0.1, -0.05) is 5.92 Å². The predicted molar refractivity (Wildman–Crippen MR) is 64.8 cm³/mol. The Morgan fingerprint density at radius 3 is 3.33 bits per heavy atom. The second kappa shape index (κ2) is 7.61. The van der Waals surface area contributed by atoms with Crippen molar-refractivity contribution in [2.24, 2.45) is 0 Å². The lowest BCUT2D eigenvalue weighted by atomic mass is 10.1. The van der Waals surface area contributed by atoms with E-state index in [2.05, 4.69) is 16.6 Å². The van der Waals surface area contributed by atoms with Gasteiger partial charge in [0.25, 0.3) is 0 Å². The molecule has 84 valence electrons. The van der Waals surface area contributed by atoms with Crippen LogP contribution in [0.1, 0.15) is 19.3 Å². The van der Waals surface area contributed by atoms with Gasteiger partial charge in [-0.05, 0) is 12.8 Å². The van der Waals surface area contributed by atoms with Crippen LogP contribution in [0.2, 0.25) is 0 Å². The smallest absolute Gasteiger partial charge is 0.221 e. The Kier molecular flexibility index (Phi) is 6.29.